The molecule has 0 amide bonds. The van der Waals surface area contributed by atoms with Gasteiger partial charge in [-0.2, -0.15) is 0 Å². The average Bonchev–Trinajstić information content (AvgIpc) is 2.25. The van der Waals surface area contributed by atoms with E-state index in [1.54, 1.807) is 0 Å². The molecular weight excluding hydrogens is 241 g/mol. The first-order valence-corrected chi connectivity index (χ1v) is 5.95. The molecule has 0 aliphatic rings. The lowest BCUT2D eigenvalue weighted by molar-refractivity contribution is 0.318. The van der Waals surface area contributed by atoms with Gasteiger partial charge in [0.25, 0.3) is 0 Å². The van der Waals surface area contributed by atoms with Crippen LogP contribution in [0.1, 0.15) is 19.4 Å². The molecule has 0 spiro atoms. The molecule has 18 heavy (non-hydrogen) atoms. The standard InChI is InChI=1S/C13H19F3N2/c1-9(2)17-4-5-18(3)8-10-6-11(14)13(16)12(15)7-10/h6-7,9,17H,4-5,8H2,1-3H3. The van der Waals surface area contributed by atoms with Gasteiger partial charge in [0, 0.05) is 25.7 Å². The summed E-state index contributed by atoms with van der Waals surface area (Å²) in [5.74, 6) is -3.69. The Kier molecular flexibility index (Phi) is 5.62. The van der Waals surface area contributed by atoms with E-state index in [4.69, 9.17) is 0 Å². The Hall–Kier alpha value is -1.07. The molecule has 2 nitrogen and oxygen atoms in total. The molecule has 0 aromatic heterocycles. The van der Waals surface area contributed by atoms with Gasteiger partial charge in [0.15, 0.2) is 17.5 Å². The maximum absolute atomic E-state index is 13.0. The van der Waals surface area contributed by atoms with Crippen molar-refractivity contribution < 1.29 is 13.2 Å². The molecule has 0 heterocycles. The fourth-order valence-electron chi connectivity index (χ4n) is 1.63. The molecule has 5 heteroatoms. The summed E-state index contributed by atoms with van der Waals surface area (Å²) in [6, 6.07) is 2.47. The van der Waals surface area contributed by atoms with Crippen LogP contribution >= 0.6 is 0 Å². The summed E-state index contributed by atoms with van der Waals surface area (Å²) in [4.78, 5) is 1.92. The average molecular weight is 260 g/mol. The molecule has 1 N–H and O–H groups in total. The minimum atomic E-state index is -1.41. The van der Waals surface area contributed by atoms with E-state index >= 15 is 0 Å². The first-order valence-electron chi connectivity index (χ1n) is 5.95. The number of likely N-dealkylation sites (N-methyl/N-ethyl adjacent to an activating group) is 1. The van der Waals surface area contributed by atoms with Gasteiger partial charge in [-0.3, -0.25) is 0 Å². The molecule has 0 bridgehead atoms. The van der Waals surface area contributed by atoms with Gasteiger partial charge < -0.3 is 10.2 Å². The van der Waals surface area contributed by atoms with Gasteiger partial charge in [0.05, 0.1) is 0 Å². The van der Waals surface area contributed by atoms with Gasteiger partial charge in [0.2, 0.25) is 0 Å². The van der Waals surface area contributed by atoms with E-state index < -0.39 is 17.5 Å². The van der Waals surface area contributed by atoms with E-state index in [2.05, 4.69) is 5.32 Å². The Morgan fingerprint density at radius 3 is 2.22 bits per heavy atom. The van der Waals surface area contributed by atoms with Crippen molar-refractivity contribution in [2.24, 2.45) is 0 Å². The van der Waals surface area contributed by atoms with Crippen LogP contribution in [0.25, 0.3) is 0 Å². The van der Waals surface area contributed by atoms with Gasteiger partial charge in [-0.25, -0.2) is 13.2 Å². The lowest BCUT2D eigenvalue weighted by Crippen LogP contribution is -2.32. The van der Waals surface area contributed by atoms with Crippen molar-refractivity contribution >= 4 is 0 Å². The Morgan fingerprint density at radius 1 is 1.17 bits per heavy atom. The van der Waals surface area contributed by atoms with Crippen LogP contribution in [0, 0.1) is 17.5 Å². The van der Waals surface area contributed by atoms with Gasteiger partial charge in [-0.1, -0.05) is 13.8 Å². The summed E-state index contributed by atoms with van der Waals surface area (Å²) in [7, 11) is 1.85. The molecule has 0 aliphatic heterocycles. The normalized spacial score (nSPS) is 11.6. The molecule has 1 aromatic rings. The minimum Gasteiger partial charge on any atom is -0.313 e. The van der Waals surface area contributed by atoms with Crippen molar-refractivity contribution in [3.05, 3.63) is 35.1 Å². The Morgan fingerprint density at radius 2 is 1.72 bits per heavy atom. The highest BCUT2D eigenvalue weighted by Crippen LogP contribution is 2.14. The molecule has 0 saturated heterocycles. The highest BCUT2D eigenvalue weighted by Gasteiger charge is 2.11. The molecule has 0 fully saturated rings. The summed E-state index contributed by atoms with van der Waals surface area (Å²) in [5.41, 5.74) is 0.429. The van der Waals surface area contributed by atoms with Crippen molar-refractivity contribution in [1.82, 2.24) is 10.2 Å². The first-order chi connectivity index (χ1) is 8.40. The van der Waals surface area contributed by atoms with Crippen molar-refractivity contribution in [3.8, 4) is 0 Å². The van der Waals surface area contributed by atoms with Crippen molar-refractivity contribution in [3.63, 3.8) is 0 Å². The van der Waals surface area contributed by atoms with Crippen LogP contribution in [-0.2, 0) is 6.54 Å². The third-order valence-electron chi connectivity index (χ3n) is 2.54. The second kappa shape index (κ2) is 6.75. The summed E-state index contributed by atoms with van der Waals surface area (Å²) in [5, 5.41) is 3.24. The number of hydrogen-bond donors (Lipinski definition) is 1. The zero-order chi connectivity index (χ0) is 13.7. The molecule has 0 saturated carbocycles. The van der Waals surface area contributed by atoms with Gasteiger partial charge >= 0.3 is 0 Å². The highest BCUT2D eigenvalue weighted by atomic mass is 19.2. The molecule has 0 radical (unpaired) electrons. The van der Waals surface area contributed by atoms with E-state index in [1.807, 2.05) is 25.8 Å². The van der Waals surface area contributed by atoms with E-state index in [0.717, 1.165) is 25.2 Å². The molecule has 0 aliphatic carbocycles. The summed E-state index contributed by atoms with van der Waals surface area (Å²) in [6.45, 7) is 6.02. The van der Waals surface area contributed by atoms with Gasteiger partial charge in [-0.15, -0.1) is 0 Å². The van der Waals surface area contributed by atoms with Crippen LogP contribution in [0.4, 0.5) is 13.2 Å². The van der Waals surface area contributed by atoms with Crippen LogP contribution in [0.5, 0.6) is 0 Å². The second-order valence-electron chi connectivity index (χ2n) is 4.72. The minimum absolute atomic E-state index is 0.383. The van der Waals surface area contributed by atoms with E-state index in [0.29, 0.717) is 18.2 Å². The quantitative estimate of drug-likeness (QED) is 0.791. The van der Waals surface area contributed by atoms with Crippen LogP contribution in [0.2, 0.25) is 0 Å². The lowest BCUT2D eigenvalue weighted by atomic mass is 10.2. The molecule has 0 atom stereocenters. The SMILES string of the molecule is CC(C)NCCN(C)Cc1cc(F)c(F)c(F)c1. The molecule has 1 aromatic carbocycles. The summed E-state index contributed by atoms with van der Waals surface area (Å²) < 4.78 is 38.8. The monoisotopic (exact) mass is 260 g/mol. The number of nitrogens with zero attached hydrogens (tertiary/aromatic N) is 1. The molecule has 0 unspecified atom stereocenters. The van der Waals surface area contributed by atoms with Gasteiger partial charge in [-0.05, 0) is 24.7 Å². The predicted molar refractivity (Wildman–Crippen MR) is 65.8 cm³/mol. The van der Waals surface area contributed by atoms with E-state index in [1.165, 1.54) is 0 Å². The Balaban J connectivity index is 2.51. The van der Waals surface area contributed by atoms with Gasteiger partial charge in [0.1, 0.15) is 0 Å². The fraction of sp³-hybridized carbons (Fsp3) is 0.538. The van der Waals surface area contributed by atoms with Crippen LogP contribution in [0.3, 0.4) is 0 Å². The molecule has 1 rings (SSSR count). The van der Waals surface area contributed by atoms with E-state index in [-0.39, 0.29) is 0 Å². The van der Waals surface area contributed by atoms with E-state index in [9.17, 15) is 13.2 Å². The first kappa shape index (κ1) is 15.0. The zero-order valence-corrected chi connectivity index (χ0v) is 10.9. The second-order valence-corrected chi connectivity index (χ2v) is 4.72. The Labute approximate surface area is 106 Å². The number of halogens is 3. The molecular formula is C13H19F3N2. The topological polar surface area (TPSA) is 15.3 Å². The number of nitrogens with one attached hydrogen (secondary N) is 1. The number of benzene rings is 1. The maximum atomic E-state index is 13.0. The number of hydrogen-bond acceptors (Lipinski definition) is 2. The van der Waals surface area contributed by atoms with Crippen molar-refractivity contribution in [2.75, 3.05) is 20.1 Å². The third-order valence-corrected chi connectivity index (χ3v) is 2.54. The summed E-state index contributed by atoms with van der Waals surface area (Å²) >= 11 is 0. The zero-order valence-electron chi connectivity index (χ0n) is 10.9. The lowest BCUT2D eigenvalue weighted by Gasteiger charge is -2.18. The maximum Gasteiger partial charge on any atom is 0.194 e. The van der Waals surface area contributed by atoms with Crippen molar-refractivity contribution in [2.45, 2.75) is 26.4 Å². The van der Waals surface area contributed by atoms with Crippen LogP contribution in [0.15, 0.2) is 12.1 Å². The van der Waals surface area contributed by atoms with Crippen LogP contribution in [-0.4, -0.2) is 31.1 Å². The smallest absolute Gasteiger partial charge is 0.194 e. The largest absolute Gasteiger partial charge is 0.313 e. The summed E-state index contributed by atoms with van der Waals surface area (Å²) in [6.07, 6.45) is 0. The van der Waals surface area contributed by atoms with Crippen molar-refractivity contribution in [1.29, 1.82) is 0 Å². The van der Waals surface area contributed by atoms with Crippen LogP contribution < -0.4 is 5.32 Å². The predicted octanol–water partition coefficient (Wildman–Crippen LogP) is 2.53. The highest BCUT2D eigenvalue weighted by molar-refractivity contribution is 5.19. The number of rotatable bonds is 6. The molecule has 102 valence electrons. The fourth-order valence-corrected chi connectivity index (χ4v) is 1.63. The Bertz CT molecular complexity index is 371. The third kappa shape index (κ3) is 4.66.